The van der Waals surface area contributed by atoms with E-state index in [0.717, 1.165) is 16.9 Å². The first-order chi connectivity index (χ1) is 13.1. The lowest BCUT2D eigenvalue weighted by Gasteiger charge is -2.32. The Balaban J connectivity index is 1.77. The van der Waals surface area contributed by atoms with Crippen LogP contribution in [0.15, 0.2) is 59.7 Å². The molecule has 2 aromatic carbocycles. The molecule has 0 N–H and O–H groups in total. The molecule has 27 heavy (non-hydrogen) atoms. The minimum absolute atomic E-state index is 0.00630. The smallest absolute Gasteiger partial charge is 0.376 e. The summed E-state index contributed by atoms with van der Waals surface area (Å²) in [6, 6.07) is 15.0. The number of fused-ring (bicyclic) bond motifs is 3. The quantitative estimate of drug-likeness (QED) is 0.617. The Bertz CT molecular complexity index is 963. The van der Waals surface area contributed by atoms with Gasteiger partial charge >= 0.3 is 5.97 Å². The van der Waals surface area contributed by atoms with Crippen molar-refractivity contribution in [2.24, 2.45) is 5.10 Å². The summed E-state index contributed by atoms with van der Waals surface area (Å²) < 4.78 is 5.22. The first kappa shape index (κ1) is 17.0. The highest BCUT2D eigenvalue weighted by molar-refractivity contribution is 6.42. The van der Waals surface area contributed by atoms with E-state index in [0.29, 0.717) is 5.56 Å². The number of ketones is 1. The molecule has 2 aliphatic heterocycles. The van der Waals surface area contributed by atoms with Gasteiger partial charge in [0, 0.05) is 5.56 Å². The number of Topliss-reactive ketones (excluding diaryl/α,β-unsaturated/α-hetero) is 1. The van der Waals surface area contributed by atoms with E-state index >= 15 is 0 Å². The number of hydrogen-bond acceptors (Lipinski definition) is 6. The summed E-state index contributed by atoms with van der Waals surface area (Å²) >= 11 is 0. The topological polar surface area (TPSA) is 62.2 Å². The van der Waals surface area contributed by atoms with Crippen LogP contribution in [0.4, 0.5) is 11.4 Å². The van der Waals surface area contributed by atoms with Crippen LogP contribution in [0, 0.1) is 0 Å². The van der Waals surface area contributed by atoms with Gasteiger partial charge < -0.3 is 4.74 Å². The minimum Gasteiger partial charge on any atom is -0.460 e. The minimum atomic E-state index is -0.463. The zero-order valence-corrected chi connectivity index (χ0v) is 15.1. The third-order valence-electron chi connectivity index (χ3n) is 4.59. The Hall–Kier alpha value is -3.41. The number of carbonyl (C=O) groups is 2. The molecule has 0 saturated heterocycles. The van der Waals surface area contributed by atoms with Crippen LogP contribution in [0.2, 0.25) is 0 Å². The molecule has 136 valence electrons. The molecule has 6 nitrogen and oxygen atoms in total. The van der Waals surface area contributed by atoms with E-state index in [9.17, 15) is 9.59 Å². The molecule has 4 rings (SSSR count). The van der Waals surface area contributed by atoms with Crippen LogP contribution < -0.4 is 9.91 Å². The molecular formula is C21H19N3O3. The summed E-state index contributed by atoms with van der Waals surface area (Å²) in [5.74, 6) is -0.212. The lowest BCUT2D eigenvalue weighted by atomic mass is 10.1. The second-order valence-electron chi connectivity index (χ2n) is 6.29. The highest BCUT2D eigenvalue weighted by atomic mass is 16.5. The largest absolute Gasteiger partial charge is 0.460 e. The number of hydrazone groups is 1. The normalized spacial score (nSPS) is 17.3. The Kier molecular flexibility index (Phi) is 4.24. The van der Waals surface area contributed by atoms with Gasteiger partial charge in [0.15, 0.2) is 5.78 Å². The summed E-state index contributed by atoms with van der Waals surface area (Å²) in [5.41, 5.74) is 3.34. The SMILES string of the molecule is CCOC(=O)C1=NN(c2ccc(C(C)=O)cc2)C2C=Cc3ccccc3N12. The van der Waals surface area contributed by atoms with Gasteiger partial charge in [0.2, 0.25) is 5.84 Å². The van der Waals surface area contributed by atoms with Gasteiger partial charge in [0.05, 0.1) is 18.0 Å². The van der Waals surface area contributed by atoms with E-state index in [-0.39, 0.29) is 24.4 Å². The Labute approximate surface area is 157 Å². The number of esters is 1. The van der Waals surface area contributed by atoms with Crippen LogP contribution in [0.25, 0.3) is 6.08 Å². The Morgan fingerprint density at radius 2 is 1.85 bits per heavy atom. The summed E-state index contributed by atoms with van der Waals surface area (Å²) in [6.07, 6.45) is 3.75. The molecule has 0 spiro atoms. The van der Waals surface area contributed by atoms with Crippen molar-refractivity contribution in [1.82, 2.24) is 0 Å². The standard InChI is InChI=1S/C21H19N3O3/c1-3-27-21(26)20-22-24(17-11-8-15(9-12-17)14(2)25)19-13-10-16-6-4-5-7-18(16)23(19)20/h4-13,19H,3H2,1-2H3. The van der Waals surface area contributed by atoms with E-state index in [1.807, 2.05) is 53.5 Å². The summed E-state index contributed by atoms with van der Waals surface area (Å²) in [7, 11) is 0. The fourth-order valence-corrected chi connectivity index (χ4v) is 3.30. The van der Waals surface area contributed by atoms with Crippen LogP contribution in [0.1, 0.15) is 29.8 Å². The predicted octanol–water partition coefficient (Wildman–Crippen LogP) is 3.45. The number of nitrogens with zero attached hydrogens (tertiary/aromatic N) is 3. The van der Waals surface area contributed by atoms with Crippen molar-refractivity contribution in [2.45, 2.75) is 20.0 Å². The number of rotatable bonds is 4. The van der Waals surface area contributed by atoms with Crippen molar-refractivity contribution >= 4 is 35.0 Å². The highest BCUT2D eigenvalue weighted by Gasteiger charge is 2.40. The van der Waals surface area contributed by atoms with Crippen LogP contribution in [0.3, 0.4) is 0 Å². The van der Waals surface area contributed by atoms with Gasteiger partial charge in [-0.15, -0.1) is 5.10 Å². The third-order valence-corrected chi connectivity index (χ3v) is 4.59. The second-order valence-corrected chi connectivity index (χ2v) is 6.29. The molecule has 1 atom stereocenters. The molecule has 0 radical (unpaired) electrons. The van der Waals surface area contributed by atoms with Crippen LogP contribution in [-0.4, -0.2) is 30.4 Å². The van der Waals surface area contributed by atoms with Gasteiger partial charge in [-0.2, -0.15) is 0 Å². The van der Waals surface area contributed by atoms with Gasteiger partial charge in [0.25, 0.3) is 0 Å². The Morgan fingerprint density at radius 3 is 2.56 bits per heavy atom. The van der Waals surface area contributed by atoms with Crippen molar-refractivity contribution < 1.29 is 14.3 Å². The van der Waals surface area contributed by atoms with E-state index in [1.165, 1.54) is 6.92 Å². The van der Waals surface area contributed by atoms with Crippen molar-refractivity contribution in [3.05, 3.63) is 65.7 Å². The fraction of sp³-hybridized carbons (Fsp3) is 0.190. The monoisotopic (exact) mass is 361 g/mol. The molecule has 0 bridgehead atoms. The molecular weight excluding hydrogens is 342 g/mol. The lowest BCUT2D eigenvalue weighted by molar-refractivity contribution is -0.135. The third kappa shape index (κ3) is 2.89. The first-order valence-corrected chi connectivity index (χ1v) is 8.82. The number of benzene rings is 2. The molecule has 2 heterocycles. The average Bonchev–Trinajstić information content (AvgIpc) is 3.08. The number of ether oxygens (including phenoxy) is 1. The lowest BCUT2D eigenvalue weighted by Crippen LogP contribution is -2.45. The summed E-state index contributed by atoms with van der Waals surface area (Å²) in [6.45, 7) is 3.58. The summed E-state index contributed by atoms with van der Waals surface area (Å²) in [4.78, 5) is 26.0. The molecule has 2 aliphatic rings. The predicted molar refractivity (Wildman–Crippen MR) is 105 cm³/mol. The molecule has 0 aromatic heterocycles. The van der Waals surface area contributed by atoms with Crippen molar-refractivity contribution in [3.8, 4) is 0 Å². The number of para-hydroxylation sites is 1. The number of carbonyl (C=O) groups excluding carboxylic acids is 2. The van der Waals surface area contributed by atoms with Gasteiger partial charge in [0.1, 0.15) is 6.17 Å². The molecule has 2 aromatic rings. The van der Waals surface area contributed by atoms with Crippen LogP contribution >= 0.6 is 0 Å². The fourth-order valence-electron chi connectivity index (χ4n) is 3.30. The molecule has 1 unspecified atom stereocenters. The van der Waals surface area contributed by atoms with E-state index < -0.39 is 5.97 Å². The molecule has 0 fully saturated rings. The van der Waals surface area contributed by atoms with E-state index in [1.54, 1.807) is 24.1 Å². The van der Waals surface area contributed by atoms with E-state index in [4.69, 9.17) is 4.74 Å². The molecule has 0 amide bonds. The van der Waals surface area contributed by atoms with Crippen molar-refractivity contribution in [1.29, 1.82) is 0 Å². The number of anilines is 2. The number of amidine groups is 1. The van der Waals surface area contributed by atoms with Crippen molar-refractivity contribution in [3.63, 3.8) is 0 Å². The van der Waals surface area contributed by atoms with Crippen LogP contribution in [0.5, 0.6) is 0 Å². The highest BCUT2D eigenvalue weighted by Crippen LogP contribution is 2.36. The number of hydrogen-bond donors (Lipinski definition) is 0. The maximum absolute atomic E-state index is 12.5. The van der Waals surface area contributed by atoms with Gasteiger partial charge in [-0.3, -0.25) is 9.69 Å². The molecule has 0 saturated carbocycles. The van der Waals surface area contributed by atoms with E-state index in [2.05, 4.69) is 5.10 Å². The second kappa shape index (κ2) is 6.72. The molecule has 6 heteroatoms. The first-order valence-electron chi connectivity index (χ1n) is 8.82. The zero-order chi connectivity index (χ0) is 19.0. The van der Waals surface area contributed by atoms with Gasteiger partial charge in [-0.05, 0) is 55.8 Å². The van der Waals surface area contributed by atoms with Crippen molar-refractivity contribution in [2.75, 3.05) is 16.5 Å². The maximum atomic E-state index is 12.5. The summed E-state index contributed by atoms with van der Waals surface area (Å²) in [5, 5.41) is 6.33. The van der Waals surface area contributed by atoms with Gasteiger partial charge in [-0.25, -0.2) is 9.80 Å². The maximum Gasteiger partial charge on any atom is 0.376 e. The van der Waals surface area contributed by atoms with Gasteiger partial charge in [-0.1, -0.05) is 24.3 Å². The zero-order valence-electron chi connectivity index (χ0n) is 15.1. The molecule has 0 aliphatic carbocycles. The average molecular weight is 361 g/mol. The van der Waals surface area contributed by atoms with Crippen LogP contribution in [-0.2, 0) is 9.53 Å². The Morgan fingerprint density at radius 1 is 1.11 bits per heavy atom.